The molecule has 0 aliphatic heterocycles. The van der Waals surface area contributed by atoms with E-state index in [4.69, 9.17) is 24.4 Å². The summed E-state index contributed by atoms with van der Waals surface area (Å²) in [6.07, 6.45) is -0.806. The third kappa shape index (κ3) is 17.0. The Hall–Kier alpha value is 0.960. The number of halogens is 4. The third-order valence-electron chi connectivity index (χ3n) is 1.65. The highest BCUT2D eigenvalue weighted by Gasteiger charge is 2.15. The van der Waals surface area contributed by atoms with E-state index in [2.05, 4.69) is 0 Å². The Bertz CT molecular complexity index is 134. The van der Waals surface area contributed by atoms with Gasteiger partial charge in [0.25, 0.3) is 0 Å². The van der Waals surface area contributed by atoms with Crippen molar-refractivity contribution in [2.24, 2.45) is 0 Å². The van der Waals surface area contributed by atoms with Gasteiger partial charge in [-0.05, 0) is 6.92 Å². The number of rotatable bonds is 9. The van der Waals surface area contributed by atoms with Crippen molar-refractivity contribution in [3.63, 3.8) is 0 Å². The smallest absolute Gasteiger partial charge is 0.104 e. The van der Waals surface area contributed by atoms with Gasteiger partial charge in [0.05, 0.1) is 26.4 Å². The van der Waals surface area contributed by atoms with Crippen LogP contribution in [0.3, 0.4) is 0 Å². The lowest BCUT2D eigenvalue weighted by Gasteiger charge is -2.21. The second-order valence-electron chi connectivity index (χ2n) is 2.86. The van der Waals surface area contributed by atoms with Crippen LogP contribution in [0.2, 0.25) is 0 Å². The predicted octanol–water partition coefficient (Wildman–Crippen LogP) is 1.09. The number of methoxy groups -OCH3 is 1. The SMILES string of the molecule is CCOCC(CO)OC(CO)COC.Cl.Cl.Cl.Cl. The van der Waals surface area contributed by atoms with Crippen LogP contribution in [0.15, 0.2) is 0 Å². The molecule has 0 aliphatic rings. The molecule has 0 aromatic heterocycles. The van der Waals surface area contributed by atoms with Crippen LogP contribution in [0, 0.1) is 0 Å². The maximum Gasteiger partial charge on any atom is 0.104 e. The van der Waals surface area contributed by atoms with Gasteiger partial charge in [-0.3, -0.25) is 0 Å². The highest BCUT2D eigenvalue weighted by molar-refractivity contribution is 5.86. The first-order valence-corrected chi connectivity index (χ1v) is 4.72. The van der Waals surface area contributed by atoms with Gasteiger partial charge in [-0.15, -0.1) is 49.6 Å². The van der Waals surface area contributed by atoms with Crippen molar-refractivity contribution in [3.05, 3.63) is 0 Å². The van der Waals surface area contributed by atoms with Crippen molar-refractivity contribution in [2.75, 3.05) is 40.1 Å². The number of hydrogen-bond acceptors (Lipinski definition) is 5. The maximum atomic E-state index is 8.94. The Morgan fingerprint density at radius 1 is 0.889 bits per heavy atom. The molecule has 0 aliphatic carbocycles. The largest absolute Gasteiger partial charge is 0.394 e. The van der Waals surface area contributed by atoms with Crippen LogP contribution in [0.1, 0.15) is 6.92 Å². The zero-order chi connectivity index (χ0) is 10.8. The molecule has 0 amide bonds. The van der Waals surface area contributed by atoms with E-state index in [-0.39, 0.29) is 62.8 Å². The quantitative estimate of drug-likeness (QED) is 0.649. The van der Waals surface area contributed by atoms with Crippen LogP contribution in [0.4, 0.5) is 0 Å². The molecule has 0 heterocycles. The molecule has 2 N–H and O–H groups in total. The second-order valence-corrected chi connectivity index (χ2v) is 2.86. The van der Waals surface area contributed by atoms with Crippen LogP contribution in [-0.4, -0.2) is 62.6 Å². The summed E-state index contributed by atoms with van der Waals surface area (Å²) in [6.45, 7) is 2.82. The van der Waals surface area contributed by atoms with Gasteiger partial charge in [-0.1, -0.05) is 0 Å². The van der Waals surface area contributed by atoms with Gasteiger partial charge in [-0.2, -0.15) is 0 Å². The first kappa shape index (κ1) is 31.4. The number of hydrogen-bond donors (Lipinski definition) is 2. The average Bonchev–Trinajstić information content (AvgIpc) is 2.22. The Labute approximate surface area is 133 Å². The summed E-state index contributed by atoms with van der Waals surface area (Å²) in [5, 5.41) is 17.8. The summed E-state index contributed by atoms with van der Waals surface area (Å²) >= 11 is 0. The van der Waals surface area contributed by atoms with Gasteiger partial charge in [0.1, 0.15) is 12.2 Å². The molecule has 0 bridgehead atoms. The number of aliphatic hydroxyl groups is 2. The summed E-state index contributed by atoms with van der Waals surface area (Å²) in [7, 11) is 1.53. The minimum atomic E-state index is -0.405. The fraction of sp³-hybridized carbons (Fsp3) is 1.00. The van der Waals surface area contributed by atoms with Crippen molar-refractivity contribution in [2.45, 2.75) is 19.1 Å². The van der Waals surface area contributed by atoms with Gasteiger partial charge in [0.15, 0.2) is 0 Å². The van der Waals surface area contributed by atoms with E-state index in [0.29, 0.717) is 19.8 Å². The summed E-state index contributed by atoms with van der Waals surface area (Å²) in [4.78, 5) is 0. The second kappa shape index (κ2) is 23.1. The Morgan fingerprint density at radius 2 is 1.33 bits per heavy atom. The molecule has 0 spiro atoms. The van der Waals surface area contributed by atoms with E-state index in [0.717, 1.165) is 0 Å². The van der Waals surface area contributed by atoms with Crippen LogP contribution in [0.25, 0.3) is 0 Å². The molecule has 0 fully saturated rings. The molecular weight excluding hydrogens is 330 g/mol. The molecule has 2 atom stereocenters. The molecule has 118 valence electrons. The summed E-state index contributed by atoms with van der Waals surface area (Å²) in [6, 6.07) is 0. The standard InChI is InChI=1S/C9H20O5.4ClH/c1-3-13-7-9(5-11)14-8(4-10)6-12-2;;;;/h8-11H,3-7H2,1-2H3;4*1H. The van der Waals surface area contributed by atoms with Gasteiger partial charge < -0.3 is 24.4 Å². The van der Waals surface area contributed by atoms with E-state index < -0.39 is 12.2 Å². The molecular formula is C9H24Cl4O5. The van der Waals surface area contributed by atoms with E-state index in [9.17, 15) is 0 Å². The average molecular weight is 354 g/mol. The Balaban J connectivity index is -0.000000141. The van der Waals surface area contributed by atoms with Gasteiger partial charge in [-0.25, -0.2) is 0 Å². The molecule has 18 heavy (non-hydrogen) atoms. The minimum Gasteiger partial charge on any atom is -0.394 e. The maximum absolute atomic E-state index is 8.94. The predicted molar refractivity (Wildman–Crippen MR) is 80.2 cm³/mol. The van der Waals surface area contributed by atoms with Crippen molar-refractivity contribution >= 4 is 49.6 Å². The zero-order valence-electron chi connectivity index (χ0n) is 10.4. The highest BCUT2D eigenvalue weighted by Crippen LogP contribution is 2.00. The first-order chi connectivity index (χ1) is 6.78. The molecule has 0 rings (SSSR count). The first-order valence-electron chi connectivity index (χ1n) is 4.72. The summed E-state index contributed by atoms with van der Waals surface area (Å²) in [5.74, 6) is 0. The molecule has 0 aromatic rings. The van der Waals surface area contributed by atoms with E-state index in [1.54, 1.807) is 0 Å². The molecule has 0 saturated carbocycles. The molecule has 0 radical (unpaired) electrons. The van der Waals surface area contributed by atoms with Crippen LogP contribution < -0.4 is 0 Å². The Morgan fingerprint density at radius 3 is 1.67 bits per heavy atom. The third-order valence-corrected chi connectivity index (χ3v) is 1.65. The minimum absolute atomic E-state index is 0. The Kier molecular flexibility index (Phi) is 40.2. The molecule has 5 nitrogen and oxygen atoms in total. The normalized spacial score (nSPS) is 12.0. The van der Waals surface area contributed by atoms with Gasteiger partial charge in [0.2, 0.25) is 0 Å². The zero-order valence-corrected chi connectivity index (χ0v) is 13.7. The van der Waals surface area contributed by atoms with Gasteiger partial charge in [0, 0.05) is 13.7 Å². The van der Waals surface area contributed by atoms with Crippen LogP contribution in [-0.2, 0) is 14.2 Å². The lowest BCUT2D eigenvalue weighted by Crippen LogP contribution is -2.34. The van der Waals surface area contributed by atoms with Crippen molar-refractivity contribution in [1.29, 1.82) is 0 Å². The number of ether oxygens (including phenoxy) is 3. The fourth-order valence-corrected chi connectivity index (χ4v) is 0.977. The molecule has 0 saturated heterocycles. The van der Waals surface area contributed by atoms with Crippen molar-refractivity contribution in [3.8, 4) is 0 Å². The van der Waals surface area contributed by atoms with E-state index in [1.807, 2.05) is 6.92 Å². The lowest BCUT2D eigenvalue weighted by atomic mass is 10.3. The number of aliphatic hydroxyl groups excluding tert-OH is 2. The van der Waals surface area contributed by atoms with E-state index >= 15 is 0 Å². The monoisotopic (exact) mass is 352 g/mol. The summed E-state index contributed by atoms with van der Waals surface area (Å²) in [5.41, 5.74) is 0. The summed E-state index contributed by atoms with van der Waals surface area (Å²) < 4.78 is 15.3. The van der Waals surface area contributed by atoms with Crippen molar-refractivity contribution < 1.29 is 24.4 Å². The van der Waals surface area contributed by atoms with Crippen molar-refractivity contribution in [1.82, 2.24) is 0 Å². The van der Waals surface area contributed by atoms with Crippen LogP contribution >= 0.6 is 49.6 Å². The fourth-order valence-electron chi connectivity index (χ4n) is 0.977. The topological polar surface area (TPSA) is 68.2 Å². The van der Waals surface area contributed by atoms with E-state index in [1.165, 1.54) is 7.11 Å². The highest BCUT2D eigenvalue weighted by atomic mass is 35.5. The van der Waals surface area contributed by atoms with Gasteiger partial charge >= 0.3 is 0 Å². The lowest BCUT2D eigenvalue weighted by molar-refractivity contribution is -0.109. The molecule has 2 unspecified atom stereocenters. The molecule has 0 aromatic carbocycles. The molecule has 9 heteroatoms. The van der Waals surface area contributed by atoms with Crippen LogP contribution in [0.5, 0.6) is 0 Å².